The number of aryl methyl sites for hydroxylation is 1. The highest BCUT2D eigenvalue weighted by atomic mass is 16.5. The van der Waals surface area contributed by atoms with Gasteiger partial charge in [-0.1, -0.05) is 18.7 Å². The number of rotatable bonds is 2. The smallest absolute Gasteiger partial charge is 0.137 e. The summed E-state index contributed by atoms with van der Waals surface area (Å²) in [6.45, 7) is 7.69. The van der Waals surface area contributed by atoms with Crippen LogP contribution in [0, 0.1) is 0 Å². The summed E-state index contributed by atoms with van der Waals surface area (Å²) in [7, 11) is 0. The summed E-state index contributed by atoms with van der Waals surface area (Å²) in [4.78, 5) is 0. The predicted octanol–water partition coefficient (Wildman–Crippen LogP) is 2.27. The molecule has 1 rings (SSSR count). The number of nitrogens with zero attached hydrogens (tertiary/aromatic N) is 1. The normalized spacial score (nSPS) is 9.80. The van der Waals surface area contributed by atoms with Crippen LogP contribution in [-0.2, 0) is 6.42 Å². The quantitative estimate of drug-likeness (QED) is 0.625. The van der Waals surface area contributed by atoms with Crippen molar-refractivity contribution in [2.24, 2.45) is 0 Å². The van der Waals surface area contributed by atoms with Crippen molar-refractivity contribution in [3.05, 3.63) is 24.1 Å². The molecule has 0 aliphatic heterocycles. The molecule has 0 amide bonds. The van der Waals surface area contributed by atoms with Gasteiger partial charge in [0.2, 0.25) is 0 Å². The van der Waals surface area contributed by atoms with Crippen molar-refractivity contribution in [1.82, 2.24) is 5.16 Å². The summed E-state index contributed by atoms with van der Waals surface area (Å²) < 4.78 is 4.96. The van der Waals surface area contributed by atoms with E-state index in [1.54, 1.807) is 0 Å². The Bertz CT molecular complexity index is 237. The summed E-state index contributed by atoms with van der Waals surface area (Å²) in [6, 6.07) is 1.92. The summed E-state index contributed by atoms with van der Waals surface area (Å²) in [5.74, 6) is 0.915. The van der Waals surface area contributed by atoms with Crippen molar-refractivity contribution < 1.29 is 4.52 Å². The van der Waals surface area contributed by atoms with E-state index in [0.29, 0.717) is 0 Å². The lowest BCUT2D eigenvalue weighted by Gasteiger charge is -1.83. The first-order valence-corrected chi connectivity index (χ1v) is 3.35. The molecule has 0 saturated carbocycles. The Balaban J connectivity index is 2.88. The molecule has 0 radical (unpaired) electrons. The average molecular weight is 137 g/mol. The van der Waals surface area contributed by atoms with E-state index < -0.39 is 0 Å². The maximum Gasteiger partial charge on any atom is 0.137 e. The van der Waals surface area contributed by atoms with E-state index in [2.05, 4.69) is 11.7 Å². The van der Waals surface area contributed by atoms with E-state index in [-0.39, 0.29) is 0 Å². The van der Waals surface area contributed by atoms with Gasteiger partial charge in [0.25, 0.3) is 0 Å². The van der Waals surface area contributed by atoms with Crippen molar-refractivity contribution in [2.75, 3.05) is 0 Å². The summed E-state index contributed by atoms with van der Waals surface area (Å²) >= 11 is 0. The summed E-state index contributed by atoms with van der Waals surface area (Å²) in [6.07, 6.45) is 0.889. The molecule has 0 aliphatic rings. The maximum atomic E-state index is 4.96. The summed E-state index contributed by atoms with van der Waals surface area (Å²) in [5.41, 5.74) is 1.81. The van der Waals surface area contributed by atoms with Gasteiger partial charge in [-0.05, 0) is 12.5 Å². The SMILES string of the molecule is C=C(C)c1cc(CC)on1. The van der Waals surface area contributed by atoms with Crippen LogP contribution in [0.25, 0.3) is 5.57 Å². The van der Waals surface area contributed by atoms with Crippen LogP contribution in [0.15, 0.2) is 17.2 Å². The van der Waals surface area contributed by atoms with Gasteiger partial charge in [-0.3, -0.25) is 0 Å². The van der Waals surface area contributed by atoms with E-state index in [1.165, 1.54) is 0 Å². The van der Waals surface area contributed by atoms with Gasteiger partial charge in [0.05, 0.1) is 0 Å². The monoisotopic (exact) mass is 137 g/mol. The topological polar surface area (TPSA) is 26.0 Å². The van der Waals surface area contributed by atoms with Crippen molar-refractivity contribution >= 4 is 5.57 Å². The van der Waals surface area contributed by atoms with Gasteiger partial charge < -0.3 is 4.52 Å². The minimum atomic E-state index is 0.858. The molecule has 1 aromatic heterocycles. The largest absolute Gasteiger partial charge is 0.361 e. The minimum absolute atomic E-state index is 0.858. The fourth-order valence-electron chi connectivity index (χ4n) is 0.681. The molecule has 0 spiro atoms. The molecule has 2 nitrogen and oxygen atoms in total. The molecule has 10 heavy (non-hydrogen) atoms. The fourth-order valence-corrected chi connectivity index (χ4v) is 0.681. The zero-order valence-electron chi connectivity index (χ0n) is 6.35. The maximum absolute atomic E-state index is 4.96. The van der Waals surface area contributed by atoms with Gasteiger partial charge in [-0.15, -0.1) is 0 Å². The van der Waals surface area contributed by atoms with E-state index in [1.807, 2.05) is 19.9 Å². The second-order valence-corrected chi connectivity index (χ2v) is 2.31. The van der Waals surface area contributed by atoms with Crippen LogP contribution < -0.4 is 0 Å². The number of hydrogen-bond acceptors (Lipinski definition) is 2. The molecule has 0 N–H and O–H groups in total. The molecule has 0 bridgehead atoms. The molecule has 0 saturated heterocycles. The Hall–Kier alpha value is -1.05. The standard InChI is InChI=1S/C8H11NO/c1-4-7-5-8(6(2)3)9-10-7/h5H,2,4H2,1,3H3. The third-order valence-corrected chi connectivity index (χ3v) is 1.34. The lowest BCUT2D eigenvalue weighted by molar-refractivity contribution is 0.385. The Morgan fingerprint density at radius 2 is 2.50 bits per heavy atom. The molecule has 54 valence electrons. The number of hydrogen-bond donors (Lipinski definition) is 0. The van der Waals surface area contributed by atoms with Crippen molar-refractivity contribution in [3.63, 3.8) is 0 Å². The van der Waals surface area contributed by atoms with Crippen LogP contribution in [0.1, 0.15) is 25.3 Å². The number of aromatic nitrogens is 1. The fraction of sp³-hybridized carbons (Fsp3) is 0.375. The first-order chi connectivity index (χ1) is 4.74. The second-order valence-electron chi connectivity index (χ2n) is 2.31. The third kappa shape index (κ3) is 1.26. The lowest BCUT2D eigenvalue weighted by Crippen LogP contribution is -1.73. The first-order valence-electron chi connectivity index (χ1n) is 3.35. The molecule has 1 heterocycles. The van der Waals surface area contributed by atoms with E-state index >= 15 is 0 Å². The van der Waals surface area contributed by atoms with Gasteiger partial charge in [0.15, 0.2) is 0 Å². The summed E-state index contributed by atoms with van der Waals surface area (Å²) in [5, 5.41) is 3.81. The highest BCUT2D eigenvalue weighted by Gasteiger charge is 2.00. The number of allylic oxidation sites excluding steroid dienone is 1. The van der Waals surface area contributed by atoms with Gasteiger partial charge in [0.1, 0.15) is 11.5 Å². The Kier molecular flexibility index (Phi) is 1.90. The molecular formula is C8H11NO. The van der Waals surface area contributed by atoms with Gasteiger partial charge in [-0.2, -0.15) is 0 Å². The zero-order valence-corrected chi connectivity index (χ0v) is 6.35. The predicted molar refractivity (Wildman–Crippen MR) is 40.6 cm³/mol. The molecular weight excluding hydrogens is 126 g/mol. The molecule has 0 aliphatic carbocycles. The van der Waals surface area contributed by atoms with E-state index in [0.717, 1.165) is 23.4 Å². The van der Waals surface area contributed by atoms with Gasteiger partial charge in [0, 0.05) is 12.5 Å². The van der Waals surface area contributed by atoms with Crippen molar-refractivity contribution in [1.29, 1.82) is 0 Å². The van der Waals surface area contributed by atoms with Crippen LogP contribution in [0.4, 0.5) is 0 Å². The highest BCUT2D eigenvalue weighted by Crippen LogP contribution is 2.11. The van der Waals surface area contributed by atoms with Gasteiger partial charge in [-0.25, -0.2) is 0 Å². The van der Waals surface area contributed by atoms with Crippen LogP contribution in [0.2, 0.25) is 0 Å². The first kappa shape index (κ1) is 7.06. The molecule has 0 atom stereocenters. The van der Waals surface area contributed by atoms with Crippen molar-refractivity contribution in [2.45, 2.75) is 20.3 Å². The zero-order chi connectivity index (χ0) is 7.56. The minimum Gasteiger partial charge on any atom is -0.361 e. The Morgan fingerprint density at radius 1 is 1.80 bits per heavy atom. The van der Waals surface area contributed by atoms with E-state index in [9.17, 15) is 0 Å². The molecule has 1 aromatic rings. The van der Waals surface area contributed by atoms with Gasteiger partial charge >= 0.3 is 0 Å². The lowest BCUT2D eigenvalue weighted by atomic mass is 10.2. The Morgan fingerprint density at radius 3 is 2.80 bits per heavy atom. The van der Waals surface area contributed by atoms with Crippen LogP contribution in [0.3, 0.4) is 0 Å². The molecule has 2 heteroatoms. The molecule has 0 unspecified atom stereocenters. The molecule has 0 fully saturated rings. The van der Waals surface area contributed by atoms with E-state index in [4.69, 9.17) is 4.52 Å². The van der Waals surface area contributed by atoms with Crippen LogP contribution >= 0.6 is 0 Å². The van der Waals surface area contributed by atoms with Crippen LogP contribution in [-0.4, -0.2) is 5.16 Å². The molecule has 0 aromatic carbocycles. The van der Waals surface area contributed by atoms with Crippen molar-refractivity contribution in [3.8, 4) is 0 Å². The highest BCUT2D eigenvalue weighted by molar-refractivity contribution is 5.57. The van der Waals surface area contributed by atoms with Crippen LogP contribution in [0.5, 0.6) is 0 Å². The third-order valence-electron chi connectivity index (χ3n) is 1.34. The second kappa shape index (κ2) is 2.69. The Labute approximate surface area is 60.5 Å². The average Bonchev–Trinajstić information content (AvgIpc) is 2.34.